The second-order valence-corrected chi connectivity index (χ2v) is 7.72. The molecule has 7 nitrogen and oxygen atoms in total. The molecule has 29 heavy (non-hydrogen) atoms. The Kier molecular flexibility index (Phi) is 5.96. The zero-order valence-electron chi connectivity index (χ0n) is 17.1. The first-order valence-electron chi connectivity index (χ1n) is 9.50. The SMILES string of the molecule is CCOc1cc(/C=N/NC(=O)[C@H]2COc3ccc(C(C)(C)C)cc3O2)ccc1O. The van der Waals surface area contributed by atoms with Crippen LogP contribution in [0.25, 0.3) is 0 Å². The quantitative estimate of drug-likeness (QED) is 0.595. The van der Waals surface area contributed by atoms with Crippen LogP contribution in [0.5, 0.6) is 23.0 Å². The van der Waals surface area contributed by atoms with Gasteiger partial charge < -0.3 is 19.3 Å². The van der Waals surface area contributed by atoms with Crippen molar-refractivity contribution in [2.24, 2.45) is 5.10 Å². The van der Waals surface area contributed by atoms with Gasteiger partial charge >= 0.3 is 0 Å². The highest BCUT2D eigenvalue weighted by Crippen LogP contribution is 2.36. The second-order valence-electron chi connectivity index (χ2n) is 7.72. The van der Waals surface area contributed by atoms with Crippen molar-refractivity contribution in [3.8, 4) is 23.0 Å². The highest BCUT2D eigenvalue weighted by Gasteiger charge is 2.28. The van der Waals surface area contributed by atoms with Crippen molar-refractivity contribution >= 4 is 12.1 Å². The minimum atomic E-state index is -0.798. The van der Waals surface area contributed by atoms with Crippen LogP contribution in [0.15, 0.2) is 41.5 Å². The molecule has 1 aliphatic heterocycles. The van der Waals surface area contributed by atoms with Crippen LogP contribution in [-0.4, -0.2) is 36.5 Å². The van der Waals surface area contributed by atoms with Gasteiger partial charge in [0.25, 0.3) is 5.91 Å². The summed E-state index contributed by atoms with van der Waals surface area (Å²) in [7, 11) is 0. The van der Waals surface area contributed by atoms with Crippen LogP contribution >= 0.6 is 0 Å². The third-order valence-corrected chi connectivity index (χ3v) is 4.43. The normalized spacial score (nSPS) is 15.9. The average Bonchev–Trinajstić information content (AvgIpc) is 2.69. The molecule has 0 aromatic heterocycles. The number of hydrazone groups is 1. The number of carbonyl (C=O) groups is 1. The fourth-order valence-electron chi connectivity index (χ4n) is 2.79. The van der Waals surface area contributed by atoms with E-state index >= 15 is 0 Å². The lowest BCUT2D eigenvalue weighted by atomic mass is 9.87. The molecule has 2 N–H and O–H groups in total. The Morgan fingerprint density at radius 2 is 2.07 bits per heavy atom. The maximum absolute atomic E-state index is 12.4. The first-order chi connectivity index (χ1) is 13.8. The van der Waals surface area contributed by atoms with E-state index in [1.807, 2.05) is 25.1 Å². The molecule has 3 rings (SSSR count). The van der Waals surface area contributed by atoms with E-state index in [0.717, 1.165) is 5.56 Å². The highest BCUT2D eigenvalue weighted by atomic mass is 16.6. The van der Waals surface area contributed by atoms with Gasteiger partial charge in [-0.2, -0.15) is 5.10 Å². The summed E-state index contributed by atoms with van der Waals surface area (Å²) in [5.74, 6) is 1.18. The zero-order valence-corrected chi connectivity index (χ0v) is 17.1. The number of phenols is 1. The molecule has 0 saturated heterocycles. The average molecular weight is 398 g/mol. The van der Waals surface area contributed by atoms with Gasteiger partial charge in [0.05, 0.1) is 12.8 Å². The molecule has 1 aliphatic rings. The van der Waals surface area contributed by atoms with Crippen molar-refractivity contribution in [1.29, 1.82) is 0 Å². The van der Waals surface area contributed by atoms with Crippen molar-refractivity contribution in [2.45, 2.75) is 39.2 Å². The molecule has 0 radical (unpaired) electrons. The first kappa shape index (κ1) is 20.5. The summed E-state index contributed by atoms with van der Waals surface area (Å²) in [4.78, 5) is 12.4. The number of benzene rings is 2. The number of nitrogens with one attached hydrogen (secondary N) is 1. The van der Waals surface area contributed by atoms with E-state index in [0.29, 0.717) is 29.4 Å². The molecular weight excluding hydrogens is 372 g/mol. The largest absolute Gasteiger partial charge is 0.504 e. The summed E-state index contributed by atoms with van der Waals surface area (Å²) >= 11 is 0. The molecule has 0 saturated carbocycles. The number of fused-ring (bicyclic) bond motifs is 1. The number of aromatic hydroxyl groups is 1. The molecule has 2 aromatic carbocycles. The topological polar surface area (TPSA) is 89.4 Å². The van der Waals surface area contributed by atoms with E-state index in [-0.39, 0.29) is 17.8 Å². The second kappa shape index (κ2) is 8.43. The predicted molar refractivity (Wildman–Crippen MR) is 110 cm³/mol. The van der Waals surface area contributed by atoms with E-state index in [1.54, 1.807) is 12.1 Å². The lowest BCUT2D eigenvalue weighted by molar-refractivity contribution is -0.130. The van der Waals surface area contributed by atoms with Gasteiger partial charge in [0.15, 0.2) is 23.0 Å². The summed E-state index contributed by atoms with van der Waals surface area (Å²) in [6.07, 6.45) is 0.670. The molecule has 7 heteroatoms. The first-order valence-corrected chi connectivity index (χ1v) is 9.50. The third-order valence-electron chi connectivity index (χ3n) is 4.43. The molecule has 154 valence electrons. The van der Waals surface area contributed by atoms with Crippen LogP contribution < -0.4 is 19.6 Å². The van der Waals surface area contributed by atoms with E-state index in [2.05, 4.69) is 31.3 Å². The molecular formula is C22H26N2O5. The Balaban J connectivity index is 1.64. The van der Waals surface area contributed by atoms with Gasteiger partial charge in [-0.1, -0.05) is 26.8 Å². The maximum Gasteiger partial charge on any atom is 0.284 e. The number of rotatable bonds is 5. The van der Waals surface area contributed by atoms with Gasteiger partial charge in [-0.05, 0) is 53.8 Å². The molecule has 2 aromatic rings. The van der Waals surface area contributed by atoms with Gasteiger partial charge in [-0.3, -0.25) is 4.79 Å². The molecule has 1 heterocycles. The predicted octanol–water partition coefficient (Wildman–Crippen LogP) is 3.38. The Bertz CT molecular complexity index is 918. The lowest BCUT2D eigenvalue weighted by Crippen LogP contribution is -2.42. The Morgan fingerprint density at radius 1 is 1.28 bits per heavy atom. The lowest BCUT2D eigenvalue weighted by Gasteiger charge is -2.27. The van der Waals surface area contributed by atoms with E-state index in [4.69, 9.17) is 14.2 Å². The minimum Gasteiger partial charge on any atom is -0.504 e. The smallest absolute Gasteiger partial charge is 0.284 e. The number of amides is 1. The summed E-state index contributed by atoms with van der Waals surface area (Å²) in [6, 6.07) is 10.6. The van der Waals surface area contributed by atoms with E-state index < -0.39 is 12.0 Å². The number of ether oxygens (including phenoxy) is 3. The number of phenolic OH excluding ortho intramolecular Hbond substituents is 1. The van der Waals surface area contributed by atoms with Crippen molar-refractivity contribution in [2.75, 3.05) is 13.2 Å². The minimum absolute atomic E-state index is 0.0393. The van der Waals surface area contributed by atoms with Gasteiger partial charge in [0.1, 0.15) is 6.61 Å². The van der Waals surface area contributed by atoms with Crippen molar-refractivity contribution in [3.05, 3.63) is 47.5 Å². The summed E-state index contributed by atoms with van der Waals surface area (Å²) in [6.45, 7) is 8.70. The van der Waals surface area contributed by atoms with Crippen LogP contribution in [0.1, 0.15) is 38.8 Å². The number of nitrogens with zero attached hydrogens (tertiary/aromatic N) is 1. The molecule has 0 aliphatic carbocycles. The van der Waals surface area contributed by atoms with Crippen LogP contribution in [0.3, 0.4) is 0 Å². The van der Waals surface area contributed by atoms with Gasteiger partial charge in [0, 0.05) is 0 Å². The molecule has 1 amide bonds. The number of carbonyl (C=O) groups excluding carboxylic acids is 1. The van der Waals surface area contributed by atoms with Crippen LogP contribution in [0.2, 0.25) is 0 Å². The summed E-state index contributed by atoms with van der Waals surface area (Å²) < 4.78 is 16.8. The zero-order chi connectivity index (χ0) is 21.0. The maximum atomic E-state index is 12.4. The molecule has 0 spiro atoms. The standard InChI is InChI=1S/C22H26N2O5/c1-5-27-18-10-14(6-8-16(18)25)12-23-24-21(26)20-13-28-17-9-7-15(22(2,3)4)11-19(17)29-20/h6-12,20,25H,5,13H2,1-4H3,(H,24,26)/b23-12+/t20-/m1/s1. The van der Waals surface area contributed by atoms with Gasteiger partial charge in [0.2, 0.25) is 6.10 Å². The van der Waals surface area contributed by atoms with Crippen molar-refractivity contribution in [3.63, 3.8) is 0 Å². The molecule has 0 unspecified atom stereocenters. The Hall–Kier alpha value is -3.22. The third kappa shape index (κ3) is 4.99. The van der Waals surface area contributed by atoms with E-state index in [1.165, 1.54) is 12.3 Å². The van der Waals surface area contributed by atoms with Crippen molar-refractivity contribution < 1.29 is 24.1 Å². The van der Waals surface area contributed by atoms with Crippen LogP contribution in [-0.2, 0) is 10.2 Å². The van der Waals surface area contributed by atoms with Crippen LogP contribution in [0.4, 0.5) is 0 Å². The van der Waals surface area contributed by atoms with Crippen LogP contribution in [0, 0.1) is 0 Å². The monoisotopic (exact) mass is 398 g/mol. The Labute approximate surface area is 170 Å². The molecule has 1 atom stereocenters. The fraction of sp³-hybridized carbons (Fsp3) is 0.364. The number of hydrogen-bond acceptors (Lipinski definition) is 6. The highest BCUT2D eigenvalue weighted by molar-refractivity contribution is 5.85. The van der Waals surface area contributed by atoms with Crippen molar-refractivity contribution in [1.82, 2.24) is 5.43 Å². The molecule has 0 bridgehead atoms. The van der Waals surface area contributed by atoms with Gasteiger partial charge in [-0.15, -0.1) is 0 Å². The van der Waals surface area contributed by atoms with Gasteiger partial charge in [-0.25, -0.2) is 5.43 Å². The summed E-state index contributed by atoms with van der Waals surface area (Å²) in [5, 5.41) is 13.7. The summed E-state index contributed by atoms with van der Waals surface area (Å²) in [5.41, 5.74) is 4.19. The molecule has 0 fully saturated rings. The van der Waals surface area contributed by atoms with E-state index in [9.17, 15) is 9.90 Å². The number of hydrogen-bond donors (Lipinski definition) is 2. The Morgan fingerprint density at radius 3 is 2.79 bits per heavy atom. The fourth-order valence-corrected chi connectivity index (χ4v) is 2.79.